The second-order valence-electron chi connectivity index (χ2n) is 5.24. The zero-order valence-electron chi connectivity index (χ0n) is 11.6. The third-order valence-corrected chi connectivity index (χ3v) is 5.59. The van der Waals surface area contributed by atoms with Gasteiger partial charge in [0.05, 0.1) is 18.2 Å². The number of benzene rings is 2. The highest BCUT2D eigenvalue weighted by atomic mass is 31.0. The molecule has 0 saturated carbocycles. The van der Waals surface area contributed by atoms with Crippen molar-refractivity contribution >= 4 is 18.8 Å². The predicted octanol–water partition coefficient (Wildman–Crippen LogP) is 4.01. The minimum Gasteiger partial charge on any atom is -0.262 e. The molecule has 0 aromatic heterocycles. The molecule has 0 bridgehead atoms. The van der Waals surface area contributed by atoms with Crippen molar-refractivity contribution in [3.05, 3.63) is 71.8 Å². The minimum atomic E-state index is 0.344. The highest BCUT2D eigenvalue weighted by Gasteiger charge is 2.42. The van der Waals surface area contributed by atoms with Gasteiger partial charge < -0.3 is 0 Å². The van der Waals surface area contributed by atoms with Gasteiger partial charge in [-0.2, -0.15) is 0 Å². The van der Waals surface area contributed by atoms with Gasteiger partial charge in [-0.15, -0.1) is 0 Å². The first-order valence-corrected chi connectivity index (χ1v) is 7.89. The standard InChI is InChI=1S/C16H20N2P2/c1-12-17(19)15(13-8-4-2-5-9-13)16(18(12)20)14-10-6-3-7-11-14/h2-12,15-16H,19-20H2,1H3. The van der Waals surface area contributed by atoms with Crippen molar-refractivity contribution < 1.29 is 0 Å². The fraction of sp³-hybridized carbons (Fsp3) is 0.250. The van der Waals surface area contributed by atoms with E-state index in [0.29, 0.717) is 18.2 Å². The first-order valence-electron chi connectivity index (χ1n) is 6.86. The van der Waals surface area contributed by atoms with Gasteiger partial charge in [-0.1, -0.05) is 79.4 Å². The number of nitrogens with zero attached hydrogens (tertiary/aromatic N) is 2. The summed E-state index contributed by atoms with van der Waals surface area (Å²) in [4.78, 5) is 0. The normalized spacial score (nSPS) is 27.9. The van der Waals surface area contributed by atoms with Crippen LogP contribution in [0.15, 0.2) is 60.7 Å². The van der Waals surface area contributed by atoms with E-state index >= 15 is 0 Å². The first kappa shape index (κ1) is 14.2. The number of hydrogen-bond acceptors (Lipinski definition) is 2. The van der Waals surface area contributed by atoms with Crippen LogP contribution in [-0.4, -0.2) is 15.5 Å². The van der Waals surface area contributed by atoms with Crippen LogP contribution in [0.3, 0.4) is 0 Å². The van der Waals surface area contributed by atoms with Gasteiger partial charge in [-0.05, 0) is 18.1 Å². The van der Waals surface area contributed by atoms with Gasteiger partial charge in [0.25, 0.3) is 0 Å². The van der Waals surface area contributed by atoms with Crippen LogP contribution in [-0.2, 0) is 0 Å². The Morgan fingerprint density at radius 1 is 0.700 bits per heavy atom. The summed E-state index contributed by atoms with van der Waals surface area (Å²) in [6.45, 7) is 2.24. The van der Waals surface area contributed by atoms with Crippen LogP contribution >= 0.6 is 18.8 Å². The zero-order chi connectivity index (χ0) is 14.1. The number of hydrogen-bond donors (Lipinski definition) is 0. The van der Waals surface area contributed by atoms with Crippen LogP contribution in [0, 0.1) is 0 Å². The summed E-state index contributed by atoms with van der Waals surface area (Å²) >= 11 is 0. The van der Waals surface area contributed by atoms with E-state index in [-0.39, 0.29) is 0 Å². The fourth-order valence-corrected chi connectivity index (χ4v) is 4.09. The molecular weight excluding hydrogens is 282 g/mol. The van der Waals surface area contributed by atoms with Crippen molar-refractivity contribution in [1.82, 2.24) is 9.34 Å². The van der Waals surface area contributed by atoms with Crippen LogP contribution in [0.2, 0.25) is 0 Å². The molecule has 3 rings (SSSR count). The van der Waals surface area contributed by atoms with Gasteiger partial charge in [0.1, 0.15) is 0 Å². The van der Waals surface area contributed by atoms with Crippen molar-refractivity contribution in [3.8, 4) is 0 Å². The molecule has 4 unspecified atom stereocenters. The largest absolute Gasteiger partial charge is 0.262 e. The summed E-state index contributed by atoms with van der Waals surface area (Å²) in [6.07, 6.45) is 0.361. The Bertz CT molecular complexity index is 510. The molecule has 0 N–H and O–H groups in total. The van der Waals surface area contributed by atoms with E-state index in [0.717, 1.165) is 0 Å². The van der Waals surface area contributed by atoms with E-state index in [9.17, 15) is 0 Å². The summed E-state index contributed by atoms with van der Waals surface area (Å²) in [5.41, 5.74) is 2.71. The summed E-state index contributed by atoms with van der Waals surface area (Å²) in [7, 11) is 5.80. The average Bonchev–Trinajstić information content (AvgIpc) is 2.73. The topological polar surface area (TPSA) is 6.48 Å². The van der Waals surface area contributed by atoms with E-state index in [1.54, 1.807) is 0 Å². The fourth-order valence-electron chi connectivity index (χ4n) is 2.95. The first-order chi connectivity index (χ1) is 9.70. The summed E-state index contributed by atoms with van der Waals surface area (Å²) in [5, 5.41) is 0. The molecule has 2 nitrogen and oxygen atoms in total. The molecule has 2 aromatic carbocycles. The van der Waals surface area contributed by atoms with Crippen LogP contribution in [0.4, 0.5) is 0 Å². The maximum atomic E-state index is 2.90. The van der Waals surface area contributed by atoms with Crippen molar-refractivity contribution in [3.63, 3.8) is 0 Å². The summed E-state index contributed by atoms with van der Waals surface area (Å²) in [5.74, 6) is 0. The van der Waals surface area contributed by atoms with Gasteiger partial charge in [-0.25, -0.2) is 0 Å². The Morgan fingerprint density at radius 3 is 1.40 bits per heavy atom. The maximum Gasteiger partial charge on any atom is 0.0668 e. The predicted molar refractivity (Wildman–Crippen MR) is 90.9 cm³/mol. The Labute approximate surface area is 125 Å². The van der Waals surface area contributed by atoms with E-state index in [2.05, 4.69) is 95.7 Å². The third kappa shape index (κ3) is 2.43. The van der Waals surface area contributed by atoms with E-state index in [1.807, 2.05) is 0 Å². The molecule has 0 radical (unpaired) electrons. The highest BCUT2D eigenvalue weighted by Crippen LogP contribution is 2.50. The van der Waals surface area contributed by atoms with E-state index in [4.69, 9.17) is 0 Å². The molecule has 4 heteroatoms. The molecule has 2 aromatic rings. The molecule has 4 atom stereocenters. The maximum absolute atomic E-state index is 2.90. The smallest absolute Gasteiger partial charge is 0.0668 e. The minimum absolute atomic E-state index is 0.344. The van der Waals surface area contributed by atoms with Gasteiger partial charge in [0.15, 0.2) is 0 Å². The molecule has 0 amide bonds. The highest BCUT2D eigenvalue weighted by molar-refractivity contribution is 7.14. The molecule has 1 heterocycles. The van der Waals surface area contributed by atoms with Crippen molar-refractivity contribution in [2.24, 2.45) is 0 Å². The molecule has 104 valence electrons. The van der Waals surface area contributed by atoms with Crippen molar-refractivity contribution in [1.29, 1.82) is 0 Å². The quantitative estimate of drug-likeness (QED) is 0.773. The second-order valence-corrected chi connectivity index (χ2v) is 6.43. The molecule has 1 fully saturated rings. The summed E-state index contributed by atoms with van der Waals surface area (Å²) in [6, 6.07) is 22.2. The van der Waals surface area contributed by atoms with Crippen molar-refractivity contribution in [2.75, 3.05) is 0 Å². The SMILES string of the molecule is CC1N(P)C(c2ccccc2)C(c2ccccc2)N1P. The van der Waals surface area contributed by atoms with E-state index in [1.165, 1.54) is 11.1 Å². The van der Waals surface area contributed by atoms with Crippen LogP contribution < -0.4 is 0 Å². The molecular formula is C16H20N2P2. The summed E-state index contributed by atoms with van der Waals surface area (Å²) < 4.78 is 4.72. The molecule has 0 aliphatic carbocycles. The van der Waals surface area contributed by atoms with Gasteiger partial charge >= 0.3 is 0 Å². The van der Waals surface area contributed by atoms with Crippen LogP contribution in [0.25, 0.3) is 0 Å². The second kappa shape index (κ2) is 5.92. The van der Waals surface area contributed by atoms with Gasteiger partial charge in [-0.3, -0.25) is 9.34 Å². The Morgan fingerprint density at radius 2 is 1.05 bits per heavy atom. The molecule has 20 heavy (non-hydrogen) atoms. The lowest BCUT2D eigenvalue weighted by Gasteiger charge is -2.26. The third-order valence-electron chi connectivity index (χ3n) is 4.09. The lowest BCUT2D eigenvalue weighted by molar-refractivity contribution is 0.320. The van der Waals surface area contributed by atoms with Gasteiger partial charge in [0, 0.05) is 0 Å². The van der Waals surface area contributed by atoms with Crippen LogP contribution in [0.1, 0.15) is 30.1 Å². The number of rotatable bonds is 2. The molecule has 1 aliphatic heterocycles. The molecule has 1 saturated heterocycles. The Kier molecular flexibility index (Phi) is 4.19. The van der Waals surface area contributed by atoms with E-state index < -0.39 is 0 Å². The molecule has 0 spiro atoms. The Balaban J connectivity index is 2.05. The van der Waals surface area contributed by atoms with Crippen molar-refractivity contribution in [2.45, 2.75) is 25.2 Å². The lowest BCUT2D eigenvalue weighted by atomic mass is 9.95. The average molecular weight is 302 g/mol. The Hall–Kier alpha value is -0.780. The zero-order valence-corrected chi connectivity index (χ0v) is 13.9. The van der Waals surface area contributed by atoms with Gasteiger partial charge in [0.2, 0.25) is 0 Å². The monoisotopic (exact) mass is 302 g/mol. The molecule has 1 aliphatic rings. The van der Waals surface area contributed by atoms with Crippen LogP contribution in [0.5, 0.6) is 0 Å². The lowest BCUT2D eigenvalue weighted by Crippen LogP contribution is -2.24.